The highest BCUT2D eigenvalue weighted by atomic mass is 16.5. The Labute approximate surface area is 189 Å². The minimum atomic E-state index is -0.187. The molecule has 33 heavy (non-hydrogen) atoms. The maximum atomic E-state index is 13.0. The molecule has 2 aromatic heterocycles. The summed E-state index contributed by atoms with van der Waals surface area (Å²) in [5, 5.41) is 17.6. The highest BCUT2D eigenvalue weighted by molar-refractivity contribution is 6.06. The number of nitrogens with two attached hydrogens (primary N) is 1. The lowest BCUT2D eigenvalue weighted by atomic mass is 9.94. The van der Waals surface area contributed by atoms with E-state index in [2.05, 4.69) is 21.8 Å². The molecule has 4 aromatic rings. The van der Waals surface area contributed by atoms with Gasteiger partial charge in [0.1, 0.15) is 11.4 Å². The van der Waals surface area contributed by atoms with Gasteiger partial charge in [0.05, 0.1) is 37.0 Å². The number of carbonyl (C=O) groups excluding carboxylic acids is 1. The second kappa shape index (κ2) is 7.80. The molecule has 162 valence electrons. The third-order valence-electron chi connectivity index (χ3n) is 5.83. The molecule has 8 heteroatoms. The highest BCUT2D eigenvalue weighted by Crippen LogP contribution is 2.38. The van der Waals surface area contributed by atoms with Crippen LogP contribution in [0.5, 0.6) is 5.75 Å². The van der Waals surface area contributed by atoms with E-state index in [0.29, 0.717) is 29.1 Å². The van der Waals surface area contributed by atoms with Crippen LogP contribution in [0.1, 0.15) is 15.9 Å². The second-order valence-corrected chi connectivity index (χ2v) is 7.88. The first-order valence-electron chi connectivity index (χ1n) is 10.3. The summed E-state index contributed by atoms with van der Waals surface area (Å²) in [5.74, 6) is 0.460. The fourth-order valence-electron chi connectivity index (χ4n) is 4.23. The molecule has 8 nitrogen and oxygen atoms in total. The average Bonchev–Trinajstić information content (AvgIpc) is 3.40. The zero-order valence-corrected chi connectivity index (χ0v) is 17.9. The molecule has 0 saturated heterocycles. The lowest BCUT2D eigenvalue weighted by molar-refractivity contribution is 0.0794. The van der Waals surface area contributed by atoms with Gasteiger partial charge in [0.2, 0.25) is 0 Å². The molecule has 1 aliphatic heterocycles. The van der Waals surface area contributed by atoms with Gasteiger partial charge in [0.25, 0.3) is 5.91 Å². The SMILES string of the molecule is C=C(C#N)CN1Cc2c(-c3ccc4[nH]nc(-c5cncc(OC)c5)c4c3)ccc(N)c2C1=O. The van der Waals surface area contributed by atoms with E-state index >= 15 is 0 Å². The molecule has 0 aliphatic carbocycles. The predicted octanol–water partition coefficient (Wildman–Crippen LogP) is 3.92. The van der Waals surface area contributed by atoms with Gasteiger partial charge < -0.3 is 15.4 Å². The summed E-state index contributed by atoms with van der Waals surface area (Å²) in [5.41, 5.74) is 12.6. The van der Waals surface area contributed by atoms with Gasteiger partial charge in [0.15, 0.2) is 0 Å². The third kappa shape index (κ3) is 3.36. The first kappa shape index (κ1) is 20.3. The van der Waals surface area contributed by atoms with E-state index in [1.54, 1.807) is 30.5 Å². The Kier molecular flexibility index (Phi) is 4.79. The molecular formula is C25H20N6O2. The van der Waals surface area contributed by atoms with Crippen LogP contribution in [0.25, 0.3) is 33.3 Å². The Morgan fingerprint density at radius 3 is 2.91 bits per heavy atom. The largest absolute Gasteiger partial charge is 0.495 e. The summed E-state index contributed by atoms with van der Waals surface area (Å²) in [6, 6.07) is 13.6. The molecule has 2 aromatic carbocycles. The number of hydrogen-bond acceptors (Lipinski definition) is 6. The standard InChI is InChI=1S/C25H20N6O2/c1-14(9-26)12-31-13-20-18(4-5-21(27)23(20)25(31)32)15-3-6-22-19(8-15)24(30-29-22)16-7-17(33-2)11-28-10-16/h3-8,10-11H,1,12-13,27H2,2H3,(H,29,30). The van der Waals surface area contributed by atoms with E-state index < -0.39 is 0 Å². The van der Waals surface area contributed by atoms with Crippen molar-refractivity contribution >= 4 is 22.5 Å². The number of anilines is 1. The van der Waals surface area contributed by atoms with Crippen LogP contribution in [0, 0.1) is 11.3 Å². The minimum absolute atomic E-state index is 0.177. The first-order valence-corrected chi connectivity index (χ1v) is 10.3. The van der Waals surface area contributed by atoms with Gasteiger partial charge in [0, 0.05) is 35.0 Å². The number of nitrogens with one attached hydrogen (secondary N) is 1. The number of fused-ring (bicyclic) bond motifs is 2. The van der Waals surface area contributed by atoms with Crippen molar-refractivity contribution in [2.45, 2.75) is 6.54 Å². The van der Waals surface area contributed by atoms with Crippen molar-refractivity contribution in [2.75, 3.05) is 19.4 Å². The molecule has 0 radical (unpaired) electrons. The zero-order valence-electron chi connectivity index (χ0n) is 17.9. The summed E-state index contributed by atoms with van der Waals surface area (Å²) in [4.78, 5) is 18.8. The van der Waals surface area contributed by atoms with Gasteiger partial charge >= 0.3 is 0 Å². The fourth-order valence-corrected chi connectivity index (χ4v) is 4.23. The number of carbonyl (C=O) groups is 1. The lowest BCUT2D eigenvalue weighted by Crippen LogP contribution is -2.26. The van der Waals surface area contributed by atoms with Crippen molar-refractivity contribution in [3.8, 4) is 34.2 Å². The van der Waals surface area contributed by atoms with E-state index in [9.17, 15) is 4.79 Å². The number of nitriles is 1. The van der Waals surface area contributed by atoms with Gasteiger partial charge in [-0.3, -0.25) is 14.9 Å². The molecule has 1 aliphatic rings. The maximum Gasteiger partial charge on any atom is 0.256 e. The van der Waals surface area contributed by atoms with Crippen LogP contribution in [0.2, 0.25) is 0 Å². The number of rotatable bonds is 5. The van der Waals surface area contributed by atoms with Crippen molar-refractivity contribution in [3.05, 3.63) is 72.1 Å². The number of pyridine rings is 1. The number of nitrogen functional groups attached to an aromatic ring is 1. The van der Waals surface area contributed by atoms with E-state index in [1.807, 2.05) is 36.4 Å². The van der Waals surface area contributed by atoms with Crippen LogP contribution in [-0.2, 0) is 6.54 Å². The van der Waals surface area contributed by atoms with Crippen LogP contribution in [0.4, 0.5) is 5.69 Å². The maximum absolute atomic E-state index is 13.0. The zero-order chi connectivity index (χ0) is 23.1. The molecule has 0 unspecified atom stereocenters. The Bertz CT molecular complexity index is 1480. The number of methoxy groups -OCH3 is 1. The van der Waals surface area contributed by atoms with Crippen LogP contribution < -0.4 is 10.5 Å². The third-order valence-corrected chi connectivity index (χ3v) is 5.83. The van der Waals surface area contributed by atoms with E-state index in [-0.39, 0.29) is 12.5 Å². The van der Waals surface area contributed by atoms with Gasteiger partial charge in [-0.2, -0.15) is 10.4 Å². The summed E-state index contributed by atoms with van der Waals surface area (Å²) < 4.78 is 5.30. The normalized spacial score (nSPS) is 12.6. The number of ether oxygens (including phenoxy) is 1. The van der Waals surface area contributed by atoms with Crippen LogP contribution in [0.15, 0.2) is 60.9 Å². The number of aromatic amines is 1. The summed E-state index contributed by atoms with van der Waals surface area (Å²) in [6.07, 6.45) is 3.38. The van der Waals surface area contributed by atoms with Crippen molar-refractivity contribution in [2.24, 2.45) is 0 Å². The van der Waals surface area contributed by atoms with E-state index in [4.69, 9.17) is 15.7 Å². The molecule has 0 saturated carbocycles. The number of nitrogens with zero attached hydrogens (tertiary/aromatic N) is 4. The number of H-pyrrole nitrogens is 1. The summed E-state index contributed by atoms with van der Waals surface area (Å²) in [7, 11) is 1.60. The van der Waals surface area contributed by atoms with Gasteiger partial charge in [-0.25, -0.2) is 0 Å². The average molecular weight is 436 g/mol. The monoisotopic (exact) mass is 436 g/mol. The number of benzene rings is 2. The Hall–Kier alpha value is -4.64. The van der Waals surface area contributed by atoms with E-state index in [1.165, 1.54) is 0 Å². The second-order valence-electron chi connectivity index (χ2n) is 7.88. The predicted molar refractivity (Wildman–Crippen MR) is 125 cm³/mol. The van der Waals surface area contributed by atoms with Crippen molar-refractivity contribution in [1.82, 2.24) is 20.1 Å². The van der Waals surface area contributed by atoms with Crippen molar-refractivity contribution in [3.63, 3.8) is 0 Å². The van der Waals surface area contributed by atoms with Gasteiger partial charge in [-0.1, -0.05) is 18.7 Å². The smallest absolute Gasteiger partial charge is 0.256 e. The van der Waals surface area contributed by atoms with Gasteiger partial charge in [-0.15, -0.1) is 0 Å². The molecular weight excluding hydrogens is 416 g/mol. The topological polar surface area (TPSA) is 121 Å². The molecule has 0 fully saturated rings. The van der Waals surface area contributed by atoms with Gasteiger partial charge in [-0.05, 0) is 41.0 Å². The highest BCUT2D eigenvalue weighted by Gasteiger charge is 2.32. The van der Waals surface area contributed by atoms with Crippen molar-refractivity contribution in [1.29, 1.82) is 5.26 Å². The molecule has 3 N–H and O–H groups in total. The quantitative estimate of drug-likeness (QED) is 0.361. The van der Waals surface area contributed by atoms with Crippen LogP contribution in [0.3, 0.4) is 0 Å². The van der Waals surface area contributed by atoms with Crippen LogP contribution >= 0.6 is 0 Å². The first-order chi connectivity index (χ1) is 16.0. The number of aromatic nitrogens is 3. The van der Waals surface area contributed by atoms with Crippen molar-refractivity contribution < 1.29 is 9.53 Å². The molecule has 0 atom stereocenters. The number of hydrogen-bond donors (Lipinski definition) is 2. The molecule has 3 heterocycles. The Balaban J connectivity index is 1.61. The molecule has 0 bridgehead atoms. The summed E-state index contributed by atoms with van der Waals surface area (Å²) >= 11 is 0. The summed E-state index contributed by atoms with van der Waals surface area (Å²) in [6.45, 7) is 4.25. The molecule has 0 spiro atoms. The number of amides is 1. The fraction of sp³-hybridized carbons (Fsp3) is 0.120. The Morgan fingerprint density at radius 2 is 2.12 bits per heavy atom. The lowest BCUT2D eigenvalue weighted by Gasteiger charge is -2.14. The van der Waals surface area contributed by atoms with Crippen LogP contribution in [-0.4, -0.2) is 39.6 Å². The minimum Gasteiger partial charge on any atom is -0.495 e. The van der Waals surface area contributed by atoms with E-state index in [0.717, 1.165) is 38.9 Å². The molecule has 5 rings (SSSR count). The molecule has 1 amide bonds. The Morgan fingerprint density at radius 1 is 1.27 bits per heavy atom.